The van der Waals surface area contributed by atoms with Gasteiger partial charge in [0.05, 0.1) is 6.42 Å². The highest BCUT2D eigenvalue weighted by Gasteiger charge is 2.29. The summed E-state index contributed by atoms with van der Waals surface area (Å²) >= 11 is 0. The van der Waals surface area contributed by atoms with Crippen LogP contribution in [0, 0.1) is 12.8 Å². The van der Waals surface area contributed by atoms with Crippen molar-refractivity contribution in [3.63, 3.8) is 0 Å². The first kappa shape index (κ1) is 21.9. The second-order valence-corrected chi connectivity index (χ2v) is 7.94. The van der Waals surface area contributed by atoms with Crippen LogP contribution in [-0.2, 0) is 0 Å². The minimum atomic E-state index is -4.08. The molecule has 1 aromatic heterocycles. The van der Waals surface area contributed by atoms with Gasteiger partial charge in [0.25, 0.3) is 0 Å². The SMILES string of the molecule is Cc1cc2c(OC[C@@H](O)CNCC3CCN(CCC(F)(F)F)CC3)cccc2[nH]1. The van der Waals surface area contributed by atoms with Gasteiger partial charge in [0.2, 0.25) is 0 Å². The average molecular weight is 413 g/mol. The standard InChI is InChI=1S/C21H30F3N3O2/c1-15-11-18-19(26-15)3-2-4-20(18)29-14-17(28)13-25-12-16-5-8-27(9-6-16)10-7-21(22,23)24/h2-4,11,16-17,25-26,28H,5-10,12-14H2,1H3/t17-/m0/s1. The van der Waals surface area contributed by atoms with Gasteiger partial charge in [-0.15, -0.1) is 0 Å². The largest absolute Gasteiger partial charge is 0.490 e. The van der Waals surface area contributed by atoms with Crippen LogP contribution in [0.3, 0.4) is 0 Å². The fraction of sp³-hybridized carbons (Fsp3) is 0.619. The number of aromatic amines is 1. The van der Waals surface area contributed by atoms with Gasteiger partial charge in [0.15, 0.2) is 0 Å². The summed E-state index contributed by atoms with van der Waals surface area (Å²) in [5.41, 5.74) is 2.07. The van der Waals surface area contributed by atoms with Crippen molar-refractivity contribution in [2.24, 2.45) is 5.92 Å². The molecule has 29 heavy (non-hydrogen) atoms. The maximum absolute atomic E-state index is 12.3. The molecule has 1 fully saturated rings. The number of aliphatic hydroxyl groups excluding tert-OH is 1. The van der Waals surface area contributed by atoms with E-state index in [0.717, 1.165) is 41.7 Å². The van der Waals surface area contributed by atoms with Crippen LogP contribution < -0.4 is 10.1 Å². The number of piperidine rings is 1. The van der Waals surface area contributed by atoms with E-state index >= 15 is 0 Å². The number of H-pyrrole nitrogens is 1. The Kier molecular flexibility index (Phi) is 7.43. The predicted octanol–water partition coefficient (Wildman–Crippen LogP) is 3.47. The summed E-state index contributed by atoms with van der Waals surface area (Å²) < 4.78 is 42.7. The molecule has 2 aromatic rings. The molecular formula is C21H30F3N3O2. The average Bonchev–Trinajstić information content (AvgIpc) is 3.06. The number of ether oxygens (including phenoxy) is 1. The van der Waals surface area contributed by atoms with Crippen LogP contribution in [0.15, 0.2) is 24.3 Å². The van der Waals surface area contributed by atoms with Crippen LogP contribution in [0.1, 0.15) is 25.0 Å². The zero-order valence-electron chi connectivity index (χ0n) is 16.8. The van der Waals surface area contributed by atoms with Crippen molar-refractivity contribution >= 4 is 10.9 Å². The zero-order valence-corrected chi connectivity index (χ0v) is 16.8. The highest BCUT2D eigenvalue weighted by atomic mass is 19.4. The van der Waals surface area contributed by atoms with Gasteiger partial charge >= 0.3 is 6.18 Å². The number of nitrogens with one attached hydrogen (secondary N) is 2. The van der Waals surface area contributed by atoms with Crippen LogP contribution in [0.2, 0.25) is 0 Å². The summed E-state index contributed by atoms with van der Waals surface area (Å²) in [6, 6.07) is 7.82. The van der Waals surface area contributed by atoms with E-state index < -0.39 is 18.7 Å². The molecule has 1 aliphatic rings. The number of aliphatic hydroxyl groups is 1. The second kappa shape index (κ2) is 9.82. The maximum Gasteiger partial charge on any atom is 0.390 e. The third kappa shape index (κ3) is 6.90. The lowest BCUT2D eigenvalue weighted by Crippen LogP contribution is -2.40. The topological polar surface area (TPSA) is 60.5 Å². The molecule has 162 valence electrons. The quantitative estimate of drug-likeness (QED) is 0.589. The Balaban J connectivity index is 1.32. The number of nitrogens with zero attached hydrogens (tertiary/aromatic N) is 1. The lowest BCUT2D eigenvalue weighted by molar-refractivity contribution is -0.138. The van der Waals surface area contributed by atoms with Crippen molar-refractivity contribution < 1.29 is 23.0 Å². The molecule has 0 spiro atoms. The third-order valence-electron chi connectivity index (χ3n) is 5.42. The Morgan fingerprint density at radius 3 is 2.79 bits per heavy atom. The molecule has 1 aromatic carbocycles. The van der Waals surface area contributed by atoms with Gasteiger partial charge in [-0.2, -0.15) is 13.2 Å². The van der Waals surface area contributed by atoms with E-state index in [1.165, 1.54) is 0 Å². The summed E-state index contributed by atoms with van der Waals surface area (Å²) in [7, 11) is 0. The van der Waals surface area contributed by atoms with Crippen molar-refractivity contribution in [1.82, 2.24) is 15.2 Å². The highest BCUT2D eigenvalue weighted by Crippen LogP contribution is 2.26. The molecule has 1 aliphatic heterocycles. The first-order valence-corrected chi connectivity index (χ1v) is 10.2. The Labute approximate surface area is 169 Å². The maximum atomic E-state index is 12.3. The Morgan fingerprint density at radius 2 is 2.07 bits per heavy atom. The second-order valence-electron chi connectivity index (χ2n) is 7.94. The number of likely N-dealkylation sites (tertiary alicyclic amines) is 1. The van der Waals surface area contributed by atoms with Crippen molar-refractivity contribution in [3.8, 4) is 5.75 Å². The molecule has 0 amide bonds. The highest BCUT2D eigenvalue weighted by molar-refractivity contribution is 5.86. The van der Waals surface area contributed by atoms with Crippen molar-refractivity contribution in [2.45, 2.75) is 38.5 Å². The van der Waals surface area contributed by atoms with Gasteiger partial charge in [-0.25, -0.2) is 0 Å². The molecule has 1 saturated heterocycles. The number of aryl methyl sites for hydroxylation is 1. The van der Waals surface area contributed by atoms with Gasteiger partial charge < -0.3 is 25.0 Å². The van der Waals surface area contributed by atoms with Crippen LogP contribution in [0.4, 0.5) is 13.2 Å². The lowest BCUT2D eigenvalue weighted by atomic mass is 9.96. The van der Waals surface area contributed by atoms with Crippen LogP contribution in [-0.4, -0.2) is 66.6 Å². The van der Waals surface area contributed by atoms with Crippen LogP contribution in [0.25, 0.3) is 10.9 Å². The molecule has 8 heteroatoms. The van der Waals surface area contributed by atoms with E-state index in [1.807, 2.05) is 36.1 Å². The molecule has 5 nitrogen and oxygen atoms in total. The molecule has 0 saturated carbocycles. The molecule has 3 rings (SSSR count). The Hall–Kier alpha value is -1.77. The van der Waals surface area contributed by atoms with E-state index in [1.54, 1.807) is 0 Å². The molecule has 0 bridgehead atoms. The Morgan fingerprint density at radius 1 is 1.31 bits per heavy atom. The van der Waals surface area contributed by atoms with Crippen LogP contribution >= 0.6 is 0 Å². The smallest absolute Gasteiger partial charge is 0.390 e. The van der Waals surface area contributed by atoms with Crippen LogP contribution in [0.5, 0.6) is 5.75 Å². The number of halogens is 3. The Bertz CT molecular complexity index is 770. The fourth-order valence-electron chi connectivity index (χ4n) is 3.79. The summed E-state index contributed by atoms with van der Waals surface area (Å²) in [5, 5.41) is 14.5. The van der Waals surface area contributed by atoms with Gasteiger partial charge in [0, 0.05) is 29.7 Å². The van der Waals surface area contributed by atoms with Gasteiger partial charge in [-0.05, 0) is 63.5 Å². The van der Waals surface area contributed by atoms with Crippen molar-refractivity contribution in [2.75, 3.05) is 39.3 Å². The van der Waals surface area contributed by atoms with E-state index in [2.05, 4.69) is 10.3 Å². The minimum absolute atomic E-state index is 0.0904. The number of hydrogen-bond donors (Lipinski definition) is 3. The third-order valence-corrected chi connectivity index (χ3v) is 5.42. The van der Waals surface area contributed by atoms with E-state index in [4.69, 9.17) is 4.74 Å². The summed E-state index contributed by atoms with van der Waals surface area (Å²) in [6.07, 6.45) is -3.68. The molecule has 2 heterocycles. The summed E-state index contributed by atoms with van der Waals surface area (Å²) in [6.45, 7) is 4.87. The molecule has 3 N–H and O–H groups in total. The van der Waals surface area contributed by atoms with Gasteiger partial charge in [-0.1, -0.05) is 6.07 Å². The summed E-state index contributed by atoms with van der Waals surface area (Å²) in [5.74, 6) is 1.18. The minimum Gasteiger partial charge on any atom is -0.490 e. The monoisotopic (exact) mass is 413 g/mol. The van der Waals surface area contributed by atoms with E-state index in [-0.39, 0.29) is 13.2 Å². The fourth-order valence-corrected chi connectivity index (χ4v) is 3.79. The van der Waals surface area contributed by atoms with Crippen molar-refractivity contribution in [3.05, 3.63) is 30.0 Å². The predicted molar refractivity (Wildman–Crippen MR) is 107 cm³/mol. The molecular weight excluding hydrogens is 383 g/mol. The number of rotatable bonds is 9. The number of alkyl halides is 3. The number of aromatic nitrogens is 1. The van der Waals surface area contributed by atoms with Crippen molar-refractivity contribution in [1.29, 1.82) is 0 Å². The number of hydrogen-bond acceptors (Lipinski definition) is 4. The zero-order chi connectivity index (χ0) is 20.9. The molecule has 0 unspecified atom stereocenters. The number of fused-ring (bicyclic) bond motifs is 1. The lowest BCUT2D eigenvalue weighted by Gasteiger charge is -2.32. The van der Waals surface area contributed by atoms with Gasteiger partial charge in [-0.3, -0.25) is 0 Å². The normalized spacial score (nSPS) is 17.7. The first-order valence-electron chi connectivity index (χ1n) is 10.2. The first-order chi connectivity index (χ1) is 13.8. The molecule has 1 atom stereocenters. The summed E-state index contributed by atoms with van der Waals surface area (Å²) in [4.78, 5) is 5.15. The molecule has 0 aliphatic carbocycles. The van der Waals surface area contributed by atoms with E-state index in [0.29, 0.717) is 25.6 Å². The van der Waals surface area contributed by atoms with E-state index in [9.17, 15) is 18.3 Å². The molecule has 0 radical (unpaired) electrons. The number of benzene rings is 1. The van der Waals surface area contributed by atoms with Gasteiger partial charge in [0.1, 0.15) is 18.5 Å².